The summed E-state index contributed by atoms with van der Waals surface area (Å²) in [5.41, 5.74) is 1.34. The fourth-order valence-electron chi connectivity index (χ4n) is 2.62. The zero-order chi connectivity index (χ0) is 20.3. The molecule has 0 radical (unpaired) electrons. The summed E-state index contributed by atoms with van der Waals surface area (Å²) in [6.07, 6.45) is 1.51. The van der Waals surface area contributed by atoms with Crippen molar-refractivity contribution in [1.82, 2.24) is 0 Å². The van der Waals surface area contributed by atoms with E-state index in [1.165, 1.54) is 39.5 Å². The Bertz CT molecular complexity index is 965. The van der Waals surface area contributed by atoms with Crippen molar-refractivity contribution in [2.24, 2.45) is 4.99 Å². The molecule has 0 unspecified atom stereocenters. The van der Waals surface area contributed by atoms with E-state index >= 15 is 0 Å². The number of esters is 1. The van der Waals surface area contributed by atoms with Gasteiger partial charge in [-0.25, -0.2) is 14.6 Å². The Balaban J connectivity index is 1.96. The van der Waals surface area contributed by atoms with E-state index in [9.17, 15) is 9.59 Å². The normalized spacial score (nSPS) is 14.5. The summed E-state index contributed by atoms with van der Waals surface area (Å²) in [7, 11) is 4.45. The Hall–Kier alpha value is -3.81. The van der Waals surface area contributed by atoms with Gasteiger partial charge in [-0.05, 0) is 35.9 Å². The van der Waals surface area contributed by atoms with Gasteiger partial charge in [0.15, 0.2) is 17.2 Å². The third-order valence-electron chi connectivity index (χ3n) is 3.99. The number of carboxylic acids is 1. The zero-order valence-electron chi connectivity index (χ0n) is 15.4. The fraction of sp³-hybridized carbons (Fsp3) is 0.150. The summed E-state index contributed by atoms with van der Waals surface area (Å²) in [5.74, 6) is -0.339. The van der Waals surface area contributed by atoms with Crippen LogP contribution in [0, 0.1) is 0 Å². The second-order valence-corrected chi connectivity index (χ2v) is 5.68. The summed E-state index contributed by atoms with van der Waals surface area (Å²) in [4.78, 5) is 27.3. The summed E-state index contributed by atoms with van der Waals surface area (Å²) < 4.78 is 21.1. The van der Waals surface area contributed by atoms with E-state index in [0.29, 0.717) is 28.4 Å². The number of hydrogen-bond acceptors (Lipinski definition) is 7. The van der Waals surface area contributed by atoms with Crippen LogP contribution in [0.5, 0.6) is 17.2 Å². The molecule has 2 aromatic carbocycles. The molecular formula is C20H17NO7. The highest BCUT2D eigenvalue weighted by Crippen LogP contribution is 2.39. The minimum Gasteiger partial charge on any atom is -0.493 e. The third kappa shape index (κ3) is 3.66. The van der Waals surface area contributed by atoms with Gasteiger partial charge in [-0.15, -0.1) is 0 Å². The standard InChI is InChI=1S/C20H17NO7/c1-25-15-9-13(10-16(26-2)17(15)27-3)18-21-14(20(24)28-18)8-11-4-6-12(7-5-11)19(22)23/h4-10H,1-3H3,(H,22,23). The lowest BCUT2D eigenvalue weighted by atomic mass is 10.1. The summed E-state index contributed by atoms with van der Waals surface area (Å²) in [6.45, 7) is 0. The zero-order valence-corrected chi connectivity index (χ0v) is 15.4. The predicted octanol–water partition coefficient (Wildman–Crippen LogP) is 2.76. The van der Waals surface area contributed by atoms with Gasteiger partial charge in [0.1, 0.15) is 0 Å². The summed E-state index contributed by atoms with van der Waals surface area (Å²) in [6, 6.07) is 9.29. The number of cyclic esters (lactones) is 1. The number of nitrogens with zero attached hydrogens (tertiary/aromatic N) is 1. The number of benzene rings is 2. The Morgan fingerprint density at radius 3 is 2.14 bits per heavy atom. The maximum absolute atomic E-state index is 12.2. The molecular weight excluding hydrogens is 366 g/mol. The molecule has 1 aliphatic rings. The first-order valence-corrected chi connectivity index (χ1v) is 8.13. The van der Waals surface area contributed by atoms with Crippen molar-refractivity contribution < 1.29 is 33.6 Å². The van der Waals surface area contributed by atoms with E-state index in [-0.39, 0.29) is 17.2 Å². The van der Waals surface area contributed by atoms with E-state index in [0.717, 1.165) is 0 Å². The topological polar surface area (TPSA) is 104 Å². The van der Waals surface area contributed by atoms with Gasteiger partial charge in [0.25, 0.3) is 0 Å². The van der Waals surface area contributed by atoms with Gasteiger partial charge in [-0.2, -0.15) is 0 Å². The lowest BCUT2D eigenvalue weighted by Gasteiger charge is -2.13. The Morgan fingerprint density at radius 1 is 1.04 bits per heavy atom. The van der Waals surface area contributed by atoms with Crippen LogP contribution in [0.2, 0.25) is 0 Å². The first kappa shape index (κ1) is 19.0. The number of ether oxygens (including phenoxy) is 4. The van der Waals surface area contributed by atoms with Gasteiger partial charge in [0.05, 0.1) is 26.9 Å². The Labute approximate surface area is 160 Å². The SMILES string of the molecule is COc1cc(C2=NC(=Cc3ccc(C(=O)O)cc3)C(=O)O2)cc(OC)c1OC. The van der Waals surface area contributed by atoms with Crippen LogP contribution in [0.25, 0.3) is 6.08 Å². The second kappa shape index (κ2) is 7.83. The summed E-state index contributed by atoms with van der Waals surface area (Å²) in [5, 5.41) is 8.94. The van der Waals surface area contributed by atoms with Crippen LogP contribution in [-0.2, 0) is 9.53 Å². The van der Waals surface area contributed by atoms with Crippen molar-refractivity contribution in [2.75, 3.05) is 21.3 Å². The van der Waals surface area contributed by atoms with Gasteiger partial charge >= 0.3 is 11.9 Å². The van der Waals surface area contributed by atoms with Crippen LogP contribution in [0.3, 0.4) is 0 Å². The van der Waals surface area contributed by atoms with Crippen molar-refractivity contribution in [3.05, 3.63) is 58.8 Å². The number of aromatic carboxylic acids is 1. The molecule has 0 aliphatic carbocycles. The average Bonchev–Trinajstić information content (AvgIpc) is 3.07. The lowest BCUT2D eigenvalue weighted by Crippen LogP contribution is -2.06. The minimum atomic E-state index is -1.03. The monoisotopic (exact) mass is 383 g/mol. The molecule has 0 fully saturated rings. The number of methoxy groups -OCH3 is 3. The molecule has 0 aromatic heterocycles. The molecule has 144 valence electrons. The molecule has 0 saturated heterocycles. The van der Waals surface area contributed by atoms with Gasteiger partial charge in [0, 0.05) is 5.56 Å². The molecule has 0 atom stereocenters. The van der Waals surface area contributed by atoms with Crippen molar-refractivity contribution >= 4 is 23.9 Å². The quantitative estimate of drug-likeness (QED) is 0.604. The first-order valence-electron chi connectivity index (χ1n) is 8.13. The maximum atomic E-state index is 12.2. The predicted molar refractivity (Wildman–Crippen MR) is 100 cm³/mol. The lowest BCUT2D eigenvalue weighted by molar-refractivity contribution is -0.129. The summed E-state index contributed by atoms with van der Waals surface area (Å²) >= 11 is 0. The third-order valence-corrected chi connectivity index (χ3v) is 3.99. The number of aliphatic imine (C=N–C) groups is 1. The largest absolute Gasteiger partial charge is 0.493 e. The molecule has 0 bridgehead atoms. The average molecular weight is 383 g/mol. The van der Waals surface area contributed by atoms with Gasteiger partial charge in [0.2, 0.25) is 11.6 Å². The molecule has 0 spiro atoms. The highest BCUT2D eigenvalue weighted by atomic mass is 16.6. The second-order valence-electron chi connectivity index (χ2n) is 5.68. The van der Waals surface area contributed by atoms with Crippen LogP contribution >= 0.6 is 0 Å². The molecule has 1 aliphatic heterocycles. The van der Waals surface area contributed by atoms with E-state index in [1.54, 1.807) is 24.3 Å². The van der Waals surface area contributed by atoms with Crippen molar-refractivity contribution in [3.8, 4) is 17.2 Å². The Morgan fingerprint density at radius 2 is 1.64 bits per heavy atom. The number of hydrogen-bond donors (Lipinski definition) is 1. The van der Waals surface area contributed by atoms with Crippen molar-refractivity contribution in [2.45, 2.75) is 0 Å². The van der Waals surface area contributed by atoms with E-state index in [2.05, 4.69) is 4.99 Å². The molecule has 8 heteroatoms. The van der Waals surface area contributed by atoms with Gasteiger partial charge < -0.3 is 24.1 Å². The van der Waals surface area contributed by atoms with Gasteiger partial charge in [-0.1, -0.05) is 12.1 Å². The van der Waals surface area contributed by atoms with Crippen LogP contribution in [-0.4, -0.2) is 44.3 Å². The Kier molecular flexibility index (Phi) is 5.30. The van der Waals surface area contributed by atoms with E-state index in [1.807, 2.05) is 0 Å². The van der Waals surface area contributed by atoms with Gasteiger partial charge in [-0.3, -0.25) is 0 Å². The number of carbonyl (C=O) groups is 2. The maximum Gasteiger partial charge on any atom is 0.363 e. The number of rotatable bonds is 6. The fourth-order valence-corrected chi connectivity index (χ4v) is 2.62. The van der Waals surface area contributed by atoms with E-state index < -0.39 is 11.9 Å². The first-order chi connectivity index (χ1) is 13.5. The smallest absolute Gasteiger partial charge is 0.363 e. The molecule has 28 heavy (non-hydrogen) atoms. The molecule has 8 nitrogen and oxygen atoms in total. The highest BCUT2D eigenvalue weighted by molar-refractivity contribution is 6.13. The van der Waals surface area contributed by atoms with Crippen molar-refractivity contribution in [1.29, 1.82) is 0 Å². The molecule has 1 N–H and O–H groups in total. The highest BCUT2D eigenvalue weighted by Gasteiger charge is 2.26. The van der Waals surface area contributed by atoms with Crippen LogP contribution in [0.1, 0.15) is 21.5 Å². The van der Waals surface area contributed by atoms with E-state index in [4.69, 9.17) is 24.1 Å². The molecule has 0 amide bonds. The number of carbonyl (C=O) groups excluding carboxylic acids is 1. The minimum absolute atomic E-state index is 0.0897. The van der Waals surface area contributed by atoms with Crippen LogP contribution < -0.4 is 14.2 Å². The van der Waals surface area contributed by atoms with Crippen LogP contribution in [0.15, 0.2) is 47.1 Å². The van der Waals surface area contributed by atoms with Crippen molar-refractivity contribution in [3.63, 3.8) is 0 Å². The van der Waals surface area contributed by atoms with Crippen LogP contribution in [0.4, 0.5) is 0 Å². The number of carboxylic acid groups (broad SMARTS) is 1. The molecule has 2 aromatic rings. The molecule has 1 heterocycles. The molecule has 3 rings (SSSR count). The molecule has 0 saturated carbocycles.